The number of amides is 1. The summed E-state index contributed by atoms with van der Waals surface area (Å²) in [6, 6.07) is 23.6. The Bertz CT molecular complexity index is 1330. The van der Waals surface area contributed by atoms with Gasteiger partial charge in [0.15, 0.2) is 0 Å². The number of rotatable bonds is 9. The molecule has 8 nitrogen and oxygen atoms in total. The molecule has 3 aromatic carbocycles. The van der Waals surface area contributed by atoms with Crippen LogP contribution in [-0.4, -0.2) is 51.7 Å². The predicted octanol–water partition coefficient (Wildman–Crippen LogP) is 3.97. The predicted molar refractivity (Wildman–Crippen MR) is 145 cm³/mol. The topological polar surface area (TPSA) is 91.3 Å². The first-order chi connectivity index (χ1) is 17.9. The zero-order chi connectivity index (χ0) is 26.3. The van der Waals surface area contributed by atoms with Gasteiger partial charge in [0, 0.05) is 38.2 Å². The van der Waals surface area contributed by atoms with E-state index >= 15 is 0 Å². The van der Waals surface area contributed by atoms with Crippen LogP contribution in [0.4, 0.5) is 5.69 Å². The van der Waals surface area contributed by atoms with Crippen molar-refractivity contribution in [2.24, 2.45) is 5.10 Å². The lowest BCUT2D eigenvalue weighted by Crippen LogP contribution is -2.40. The summed E-state index contributed by atoms with van der Waals surface area (Å²) in [5.41, 5.74) is 5.95. The van der Waals surface area contributed by atoms with E-state index in [4.69, 9.17) is 4.74 Å². The third-order valence-electron chi connectivity index (χ3n) is 6.27. The van der Waals surface area contributed by atoms with Crippen LogP contribution in [0.25, 0.3) is 0 Å². The molecule has 9 heteroatoms. The SMILES string of the molecule is COc1ccccc1N(CC(=O)NN=C1CCN(Cc2ccccc2)CC1)S(=O)(=O)c1ccc(C)cc1. The van der Waals surface area contributed by atoms with Crippen LogP contribution in [0.15, 0.2) is 88.9 Å². The van der Waals surface area contributed by atoms with Crippen molar-refractivity contribution in [3.05, 3.63) is 90.0 Å². The highest BCUT2D eigenvalue weighted by Crippen LogP contribution is 2.32. The zero-order valence-electron chi connectivity index (χ0n) is 21.1. The third kappa shape index (κ3) is 6.75. The first kappa shape index (κ1) is 26.4. The number of para-hydroxylation sites is 2. The lowest BCUT2D eigenvalue weighted by atomic mass is 10.1. The van der Waals surface area contributed by atoms with Crippen molar-refractivity contribution in [1.29, 1.82) is 0 Å². The quantitative estimate of drug-likeness (QED) is 0.431. The zero-order valence-corrected chi connectivity index (χ0v) is 21.9. The van der Waals surface area contributed by atoms with Crippen molar-refractivity contribution in [3.63, 3.8) is 0 Å². The molecule has 4 rings (SSSR count). The van der Waals surface area contributed by atoms with Crippen LogP contribution in [0, 0.1) is 6.92 Å². The molecule has 194 valence electrons. The van der Waals surface area contributed by atoms with Crippen LogP contribution in [0.5, 0.6) is 5.75 Å². The van der Waals surface area contributed by atoms with Gasteiger partial charge in [-0.25, -0.2) is 13.8 Å². The largest absolute Gasteiger partial charge is 0.495 e. The average Bonchev–Trinajstić information content (AvgIpc) is 2.92. The van der Waals surface area contributed by atoms with Crippen molar-refractivity contribution >= 4 is 27.3 Å². The molecule has 1 saturated heterocycles. The molecule has 1 amide bonds. The number of hydrogen-bond donors (Lipinski definition) is 1. The standard InChI is InChI=1S/C28H32N4O4S/c1-22-12-14-25(15-13-22)37(34,35)32(26-10-6-7-11-27(26)36-2)21-28(33)30-29-24-16-18-31(19-17-24)20-23-8-4-3-5-9-23/h3-15H,16-21H2,1-2H3,(H,30,33). The smallest absolute Gasteiger partial charge is 0.264 e. The highest BCUT2D eigenvalue weighted by molar-refractivity contribution is 7.92. The molecule has 1 heterocycles. The van der Waals surface area contributed by atoms with Gasteiger partial charge in [0.25, 0.3) is 15.9 Å². The number of sulfonamides is 1. The van der Waals surface area contributed by atoms with E-state index in [1.165, 1.54) is 24.8 Å². The Morgan fingerprint density at radius 1 is 0.973 bits per heavy atom. The Morgan fingerprint density at radius 2 is 1.62 bits per heavy atom. The summed E-state index contributed by atoms with van der Waals surface area (Å²) in [6.45, 7) is 4.02. The fraction of sp³-hybridized carbons (Fsp3) is 0.286. The van der Waals surface area contributed by atoms with E-state index in [2.05, 4.69) is 27.6 Å². The van der Waals surface area contributed by atoms with Gasteiger partial charge in [-0.15, -0.1) is 0 Å². The van der Waals surface area contributed by atoms with Gasteiger partial charge in [0.1, 0.15) is 12.3 Å². The maximum absolute atomic E-state index is 13.6. The summed E-state index contributed by atoms with van der Waals surface area (Å²) >= 11 is 0. The molecule has 0 spiro atoms. The first-order valence-corrected chi connectivity index (χ1v) is 13.6. The molecule has 0 saturated carbocycles. The molecule has 0 radical (unpaired) electrons. The number of nitrogens with one attached hydrogen (secondary N) is 1. The number of likely N-dealkylation sites (tertiary alicyclic amines) is 1. The number of carbonyl (C=O) groups is 1. The molecular formula is C28H32N4O4S. The second kappa shape index (κ2) is 12.0. The van der Waals surface area contributed by atoms with Gasteiger partial charge in [-0.1, -0.05) is 60.2 Å². The Labute approximate surface area is 218 Å². The number of benzene rings is 3. The van der Waals surface area contributed by atoms with Gasteiger partial charge in [-0.05, 0) is 36.8 Å². The second-order valence-corrected chi connectivity index (χ2v) is 10.8. The Hall–Kier alpha value is -3.69. The highest BCUT2D eigenvalue weighted by atomic mass is 32.2. The maximum Gasteiger partial charge on any atom is 0.264 e. The van der Waals surface area contributed by atoms with Crippen molar-refractivity contribution in [2.45, 2.75) is 31.2 Å². The Balaban J connectivity index is 1.45. The second-order valence-electron chi connectivity index (χ2n) is 8.97. The fourth-order valence-electron chi connectivity index (χ4n) is 4.20. The van der Waals surface area contributed by atoms with Crippen molar-refractivity contribution < 1.29 is 17.9 Å². The van der Waals surface area contributed by atoms with Crippen LogP contribution >= 0.6 is 0 Å². The summed E-state index contributed by atoms with van der Waals surface area (Å²) in [5, 5.41) is 4.32. The van der Waals surface area contributed by atoms with E-state index in [-0.39, 0.29) is 10.6 Å². The number of anilines is 1. The van der Waals surface area contributed by atoms with Crippen LogP contribution in [0.3, 0.4) is 0 Å². The van der Waals surface area contributed by atoms with Gasteiger partial charge >= 0.3 is 0 Å². The highest BCUT2D eigenvalue weighted by Gasteiger charge is 2.29. The number of methoxy groups -OCH3 is 1. The molecule has 0 unspecified atom stereocenters. The van der Waals surface area contributed by atoms with Gasteiger partial charge in [-0.2, -0.15) is 5.10 Å². The van der Waals surface area contributed by atoms with E-state index in [9.17, 15) is 13.2 Å². The molecule has 1 aliphatic rings. The van der Waals surface area contributed by atoms with Crippen molar-refractivity contribution in [2.75, 3.05) is 31.0 Å². The van der Waals surface area contributed by atoms with Gasteiger partial charge in [-0.3, -0.25) is 14.0 Å². The van der Waals surface area contributed by atoms with E-state index in [1.54, 1.807) is 36.4 Å². The summed E-state index contributed by atoms with van der Waals surface area (Å²) in [6.07, 6.45) is 1.48. The van der Waals surface area contributed by atoms with Crippen LogP contribution in [0.2, 0.25) is 0 Å². The van der Waals surface area contributed by atoms with Crippen LogP contribution < -0.4 is 14.5 Å². The minimum atomic E-state index is -4.04. The Morgan fingerprint density at radius 3 is 2.30 bits per heavy atom. The number of hydrazone groups is 1. The molecule has 0 atom stereocenters. The molecular weight excluding hydrogens is 488 g/mol. The van der Waals surface area contributed by atoms with Gasteiger partial charge in [0.2, 0.25) is 0 Å². The van der Waals surface area contributed by atoms with E-state index in [1.807, 2.05) is 25.1 Å². The molecule has 1 N–H and O–H groups in total. The molecule has 0 aromatic heterocycles. The normalized spacial score (nSPS) is 14.2. The number of hydrogen-bond acceptors (Lipinski definition) is 6. The van der Waals surface area contributed by atoms with E-state index < -0.39 is 22.5 Å². The molecule has 0 aliphatic carbocycles. The summed E-state index contributed by atoms with van der Waals surface area (Å²) in [4.78, 5) is 15.4. The third-order valence-corrected chi connectivity index (χ3v) is 8.04. The van der Waals surface area contributed by atoms with Crippen molar-refractivity contribution in [1.82, 2.24) is 10.3 Å². The molecule has 1 fully saturated rings. The number of carbonyl (C=O) groups excluding carboxylic acids is 1. The van der Waals surface area contributed by atoms with Gasteiger partial charge < -0.3 is 4.74 Å². The number of aryl methyl sites for hydroxylation is 1. The Kier molecular flexibility index (Phi) is 8.58. The summed E-state index contributed by atoms with van der Waals surface area (Å²) < 4.78 is 33.6. The maximum atomic E-state index is 13.6. The van der Waals surface area contributed by atoms with Crippen LogP contribution in [-0.2, 0) is 21.4 Å². The lowest BCUT2D eigenvalue weighted by Gasteiger charge is -2.27. The monoisotopic (exact) mass is 520 g/mol. The molecule has 1 aliphatic heterocycles. The number of nitrogens with zero attached hydrogens (tertiary/aromatic N) is 3. The van der Waals surface area contributed by atoms with Crippen LogP contribution in [0.1, 0.15) is 24.0 Å². The minimum Gasteiger partial charge on any atom is -0.495 e. The average molecular weight is 521 g/mol. The van der Waals surface area contributed by atoms with Gasteiger partial charge in [0.05, 0.1) is 17.7 Å². The molecule has 37 heavy (non-hydrogen) atoms. The van der Waals surface area contributed by atoms with E-state index in [0.717, 1.165) is 48.1 Å². The molecule has 3 aromatic rings. The fourth-order valence-corrected chi connectivity index (χ4v) is 5.63. The number of piperidine rings is 1. The summed E-state index contributed by atoms with van der Waals surface area (Å²) in [5.74, 6) is -0.177. The minimum absolute atomic E-state index is 0.0916. The molecule has 0 bridgehead atoms. The van der Waals surface area contributed by atoms with E-state index in [0.29, 0.717) is 5.75 Å². The number of ether oxygens (including phenoxy) is 1. The summed E-state index contributed by atoms with van der Waals surface area (Å²) in [7, 11) is -2.58. The lowest BCUT2D eigenvalue weighted by molar-refractivity contribution is -0.119. The van der Waals surface area contributed by atoms with Crippen molar-refractivity contribution in [3.8, 4) is 5.75 Å². The first-order valence-electron chi connectivity index (χ1n) is 12.2.